The number of allylic oxidation sites excluding steroid dienone is 2. The number of aromatic nitrogens is 5. The number of carbonyl (C=O) groups excluding carboxylic acids is 2. The normalized spacial score (nSPS) is 12.8. The molecule has 2 amide bonds. The molecule has 12 heteroatoms. The summed E-state index contributed by atoms with van der Waals surface area (Å²) in [6, 6.07) is 1.72. The van der Waals surface area contributed by atoms with Crippen molar-refractivity contribution in [1.29, 1.82) is 0 Å². The number of aryl methyl sites for hydroxylation is 1. The Morgan fingerprint density at radius 3 is 2.84 bits per heavy atom. The van der Waals surface area contributed by atoms with Crippen LogP contribution < -0.4 is 10.6 Å². The number of methoxy groups -OCH3 is 1. The van der Waals surface area contributed by atoms with E-state index >= 15 is 0 Å². The lowest BCUT2D eigenvalue weighted by Crippen LogP contribution is -2.24. The third-order valence-corrected chi connectivity index (χ3v) is 7.17. The Balaban J connectivity index is 0.00000220. The van der Waals surface area contributed by atoms with Crippen LogP contribution in [0.25, 0.3) is 15.3 Å². The molecular formula is C26H32N8O3S. The van der Waals surface area contributed by atoms with E-state index in [1.807, 2.05) is 41.5 Å². The molecule has 2 N–H and O–H groups in total. The van der Waals surface area contributed by atoms with Crippen molar-refractivity contribution < 1.29 is 17.2 Å². The molecule has 0 aromatic carbocycles. The Morgan fingerprint density at radius 1 is 1.13 bits per heavy atom. The topological polar surface area (TPSA) is 119 Å². The number of carbonyl (C=O) groups is 2. The number of hydrogen-bond donors (Lipinski definition) is 2. The molecule has 0 fully saturated rings. The molecule has 11 nitrogen and oxygen atoms in total. The van der Waals surface area contributed by atoms with E-state index in [9.17, 15) is 9.59 Å². The second kappa shape index (κ2) is 11.4. The van der Waals surface area contributed by atoms with Gasteiger partial charge in [-0.2, -0.15) is 10.2 Å². The van der Waals surface area contributed by atoms with Gasteiger partial charge in [0.15, 0.2) is 0 Å². The lowest BCUT2D eigenvalue weighted by molar-refractivity contribution is -0.116. The number of hydrogen-bond acceptors (Lipinski definition) is 8. The zero-order valence-corrected chi connectivity index (χ0v) is 21.9. The minimum absolute atomic E-state index is 0. The smallest absolute Gasteiger partial charge is 0.260 e. The first kappa shape index (κ1) is 25.4. The zero-order chi connectivity index (χ0) is 26.5. The molecule has 0 saturated carbocycles. The van der Waals surface area contributed by atoms with Crippen LogP contribution in [0, 0.1) is 6.92 Å². The molecular weight excluding hydrogens is 504 g/mol. The SMILES string of the molecule is COCCn1cc(-c2cn3ncc(C(=O)Nc4cc(NC(=O)CCN5C=CC=CC5)cnc4C)c3s2)cn1.[HH].[HH]. The van der Waals surface area contributed by atoms with Crippen molar-refractivity contribution in [2.75, 3.05) is 37.4 Å². The van der Waals surface area contributed by atoms with Gasteiger partial charge in [-0.1, -0.05) is 12.2 Å². The first-order chi connectivity index (χ1) is 18.5. The summed E-state index contributed by atoms with van der Waals surface area (Å²) in [5, 5.41) is 14.5. The van der Waals surface area contributed by atoms with Crippen molar-refractivity contribution >= 4 is 39.4 Å². The van der Waals surface area contributed by atoms with Crippen LogP contribution >= 0.6 is 11.3 Å². The van der Waals surface area contributed by atoms with Gasteiger partial charge in [0.1, 0.15) is 4.83 Å². The lowest BCUT2D eigenvalue weighted by atomic mass is 10.2. The number of amides is 2. The largest absolute Gasteiger partial charge is 0.383 e. The van der Waals surface area contributed by atoms with Crippen LogP contribution in [0.5, 0.6) is 0 Å². The first-order valence-electron chi connectivity index (χ1n) is 12.1. The highest BCUT2D eigenvalue weighted by Crippen LogP contribution is 2.30. The maximum absolute atomic E-state index is 13.2. The molecule has 0 unspecified atom stereocenters. The van der Waals surface area contributed by atoms with E-state index in [0.717, 1.165) is 21.8 Å². The van der Waals surface area contributed by atoms with E-state index in [1.54, 1.807) is 43.2 Å². The van der Waals surface area contributed by atoms with Crippen molar-refractivity contribution in [2.45, 2.75) is 19.9 Å². The van der Waals surface area contributed by atoms with Gasteiger partial charge in [0, 0.05) is 47.4 Å². The van der Waals surface area contributed by atoms with Crippen molar-refractivity contribution in [3.63, 3.8) is 0 Å². The number of ether oxygens (including phenoxy) is 1. The summed E-state index contributed by atoms with van der Waals surface area (Å²) in [4.78, 5) is 33.7. The molecule has 0 saturated heterocycles. The fraction of sp³-hybridized carbons (Fsp3) is 0.269. The predicted molar refractivity (Wildman–Crippen MR) is 150 cm³/mol. The number of nitrogens with one attached hydrogen (secondary N) is 2. The van der Waals surface area contributed by atoms with Gasteiger partial charge < -0.3 is 20.3 Å². The van der Waals surface area contributed by atoms with Crippen LogP contribution in [0.2, 0.25) is 0 Å². The van der Waals surface area contributed by atoms with Crippen molar-refractivity contribution in [3.05, 3.63) is 72.7 Å². The van der Waals surface area contributed by atoms with E-state index in [-0.39, 0.29) is 14.7 Å². The highest BCUT2D eigenvalue weighted by Gasteiger charge is 2.18. The summed E-state index contributed by atoms with van der Waals surface area (Å²) in [7, 11) is 1.66. The molecule has 1 aliphatic rings. The van der Waals surface area contributed by atoms with Crippen LogP contribution in [0.1, 0.15) is 25.3 Å². The maximum atomic E-state index is 13.2. The number of fused-ring (bicyclic) bond motifs is 1. The van der Waals surface area contributed by atoms with Gasteiger partial charge in [-0.15, -0.1) is 11.3 Å². The summed E-state index contributed by atoms with van der Waals surface area (Å²) in [6.07, 6.45) is 17.0. The highest BCUT2D eigenvalue weighted by atomic mass is 32.1. The maximum Gasteiger partial charge on any atom is 0.260 e. The molecule has 5 rings (SSSR count). The Labute approximate surface area is 226 Å². The van der Waals surface area contributed by atoms with Crippen LogP contribution in [0.3, 0.4) is 0 Å². The average Bonchev–Trinajstić information content (AvgIpc) is 3.65. The second-order valence-corrected chi connectivity index (χ2v) is 9.79. The summed E-state index contributed by atoms with van der Waals surface area (Å²) >= 11 is 1.46. The number of nitrogens with zero attached hydrogens (tertiary/aromatic N) is 6. The van der Waals surface area contributed by atoms with Gasteiger partial charge in [0.2, 0.25) is 5.91 Å². The number of pyridine rings is 1. The highest BCUT2D eigenvalue weighted by molar-refractivity contribution is 7.21. The number of rotatable bonds is 10. The fourth-order valence-corrected chi connectivity index (χ4v) is 4.97. The minimum atomic E-state index is -0.303. The summed E-state index contributed by atoms with van der Waals surface area (Å²) in [5.41, 5.74) is 3.08. The molecule has 0 radical (unpaired) electrons. The Hall–Kier alpha value is -4.29. The minimum Gasteiger partial charge on any atom is -0.383 e. The third-order valence-electron chi connectivity index (χ3n) is 6.01. The third kappa shape index (κ3) is 5.82. The van der Waals surface area contributed by atoms with E-state index in [1.165, 1.54) is 11.3 Å². The van der Waals surface area contributed by atoms with Crippen molar-refractivity contribution in [3.8, 4) is 10.4 Å². The molecule has 0 bridgehead atoms. The number of anilines is 2. The zero-order valence-electron chi connectivity index (χ0n) is 21.1. The van der Waals surface area contributed by atoms with Gasteiger partial charge in [-0.25, -0.2) is 4.52 Å². The average molecular weight is 537 g/mol. The molecule has 0 aliphatic carbocycles. The monoisotopic (exact) mass is 536 g/mol. The molecule has 200 valence electrons. The molecule has 0 atom stereocenters. The summed E-state index contributed by atoms with van der Waals surface area (Å²) < 4.78 is 8.62. The van der Waals surface area contributed by atoms with E-state index in [2.05, 4.69) is 30.7 Å². The summed E-state index contributed by atoms with van der Waals surface area (Å²) in [5.74, 6) is -0.423. The van der Waals surface area contributed by atoms with E-state index in [4.69, 9.17) is 4.74 Å². The molecule has 4 aromatic rings. The van der Waals surface area contributed by atoms with Gasteiger partial charge in [0.25, 0.3) is 5.91 Å². The Kier molecular flexibility index (Phi) is 7.61. The van der Waals surface area contributed by atoms with Crippen molar-refractivity contribution in [1.82, 2.24) is 29.3 Å². The molecule has 5 heterocycles. The Bertz CT molecular complexity index is 1530. The van der Waals surface area contributed by atoms with Crippen molar-refractivity contribution in [2.24, 2.45) is 0 Å². The second-order valence-electron chi connectivity index (χ2n) is 8.76. The summed E-state index contributed by atoms with van der Waals surface area (Å²) in [6.45, 7) is 4.44. The molecule has 0 spiro atoms. The standard InChI is InChI=1S/C26H28N8O3S.2H2/c1-18-22(12-20(14-27-18)30-24(35)6-9-32-7-4-3-5-8-32)31-25(36)21-15-29-34-17-23(38-26(21)34)19-13-28-33(16-19)10-11-37-2;;/h3-5,7,12-17H,6,8-11H2,1-2H3,(H,30,35)(H,31,36);2*1H. The van der Waals surface area contributed by atoms with E-state index in [0.29, 0.717) is 48.7 Å². The molecule has 1 aliphatic heterocycles. The number of thiazole rings is 1. The van der Waals surface area contributed by atoms with Crippen LogP contribution in [-0.4, -0.2) is 67.9 Å². The van der Waals surface area contributed by atoms with Crippen LogP contribution in [0.15, 0.2) is 61.5 Å². The first-order valence-corrected chi connectivity index (χ1v) is 13.0. The molecule has 38 heavy (non-hydrogen) atoms. The van der Waals surface area contributed by atoms with Crippen LogP contribution in [-0.2, 0) is 16.1 Å². The fourth-order valence-electron chi connectivity index (χ4n) is 3.93. The van der Waals surface area contributed by atoms with Gasteiger partial charge in [-0.05, 0) is 25.3 Å². The quantitative estimate of drug-likeness (QED) is 0.314. The van der Waals surface area contributed by atoms with Gasteiger partial charge in [-0.3, -0.25) is 19.3 Å². The Morgan fingerprint density at radius 2 is 2.03 bits per heavy atom. The van der Waals surface area contributed by atoms with Crippen LogP contribution in [0.4, 0.5) is 11.4 Å². The molecule has 4 aromatic heterocycles. The van der Waals surface area contributed by atoms with Gasteiger partial charge >= 0.3 is 0 Å². The predicted octanol–water partition coefficient (Wildman–Crippen LogP) is 4.07. The van der Waals surface area contributed by atoms with Gasteiger partial charge in [0.05, 0.1) is 59.3 Å². The van der Waals surface area contributed by atoms with E-state index < -0.39 is 0 Å². The lowest BCUT2D eigenvalue weighted by Gasteiger charge is -2.20.